The van der Waals surface area contributed by atoms with Crippen LogP contribution in [0.3, 0.4) is 0 Å². The summed E-state index contributed by atoms with van der Waals surface area (Å²) < 4.78 is 19.0. The second kappa shape index (κ2) is 11.9. The molecule has 2 aromatic carbocycles. The first-order valence-corrected chi connectivity index (χ1v) is 11.6. The number of carbonyl (C=O) groups is 2. The van der Waals surface area contributed by atoms with E-state index in [4.69, 9.17) is 16.3 Å². The third kappa shape index (κ3) is 6.95. The van der Waals surface area contributed by atoms with E-state index in [1.165, 1.54) is 23.5 Å². The molecule has 1 aliphatic rings. The Morgan fingerprint density at radius 1 is 1.16 bits per heavy atom. The fourth-order valence-electron chi connectivity index (χ4n) is 4.04. The van der Waals surface area contributed by atoms with E-state index < -0.39 is 6.04 Å². The molecule has 2 amide bonds. The zero-order valence-corrected chi connectivity index (χ0v) is 19.1. The zero-order chi connectivity index (χ0) is 22.9. The standard InChI is InChI=1S/C25H30ClFN2O3/c1-2-23(25(31)28-21-8-4-3-5-9-21)29(16-18-11-13-20(27)14-12-18)24(30)17-32-22-10-6-7-19(26)15-22/h6-7,10-15,21,23H,2-5,8-9,16-17H2,1H3,(H,28,31). The van der Waals surface area contributed by atoms with Gasteiger partial charge < -0.3 is 15.0 Å². The van der Waals surface area contributed by atoms with E-state index in [-0.39, 0.29) is 36.8 Å². The smallest absolute Gasteiger partial charge is 0.261 e. The van der Waals surface area contributed by atoms with Crippen molar-refractivity contribution in [1.82, 2.24) is 10.2 Å². The maximum absolute atomic E-state index is 13.4. The summed E-state index contributed by atoms with van der Waals surface area (Å²) in [5, 5.41) is 3.64. The Balaban J connectivity index is 1.74. The van der Waals surface area contributed by atoms with Crippen molar-refractivity contribution >= 4 is 23.4 Å². The van der Waals surface area contributed by atoms with Crippen LogP contribution in [0.4, 0.5) is 4.39 Å². The molecule has 1 atom stereocenters. The average molecular weight is 461 g/mol. The van der Waals surface area contributed by atoms with Crippen molar-refractivity contribution < 1.29 is 18.7 Å². The normalized spacial score (nSPS) is 15.1. The van der Waals surface area contributed by atoms with E-state index in [1.807, 2.05) is 6.92 Å². The van der Waals surface area contributed by atoms with Gasteiger partial charge in [0.1, 0.15) is 17.6 Å². The Bertz CT molecular complexity index is 900. The van der Waals surface area contributed by atoms with Crippen molar-refractivity contribution in [3.63, 3.8) is 0 Å². The molecule has 1 aliphatic carbocycles. The lowest BCUT2D eigenvalue weighted by atomic mass is 9.95. The summed E-state index contributed by atoms with van der Waals surface area (Å²) in [7, 11) is 0. The highest BCUT2D eigenvalue weighted by Gasteiger charge is 2.30. The molecule has 0 radical (unpaired) electrons. The van der Waals surface area contributed by atoms with Gasteiger partial charge in [0.2, 0.25) is 5.91 Å². The number of nitrogens with zero attached hydrogens (tertiary/aromatic N) is 1. The molecular weight excluding hydrogens is 431 g/mol. The number of nitrogens with one attached hydrogen (secondary N) is 1. The first kappa shape index (κ1) is 24.1. The van der Waals surface area contributed by atoms with Crippen molar-refractivity contribution in [2.45, 2.75) is 64.1 Å². The fraction of sp³-hybridized carbons (Fsp3) is 0.440. The molecule has 0 heterocycles. The number of benzene rings is 2. The first-order valence-electron chi connectivity index (χ1n) is 11.2. The SMILES string of the molecule is CCC(C(=O)NC1CCCCC1)N(Cc1ccc(F)cc1)C(=O)COc1cccc(Cl)c1. The summed E-state index contributed by atoms with van der Waals surface area (Å²) in [5.41, 5.74) is 0.742. The van der Waals surface area contributed by atoms with E-state index in [2.05, 4.69) is 5.32 Å². The third-order valence-corrected chi connectivity index (χ3v) is 6.00. The Hall–Kier alpha value is -2.60. The van der Waals surface area contributed by atoms with E-state index in [1.54, 1.807) is 36.4 Å². The number of carbonyl (C=O) groups excluding carboxylic acids is 2. The highest BCUT2D eigenvalue weighted by atomic mass is 35.5. The van der Waals surface area contributed by atoms with E-state index in [9.17, 15) is 14.0 Å². The summed E-state index contributed by atoms with van der Waals surface area (Å²) >= 11 is 5.99. The van der Waals surface area contributed by atoms with Crippen LogP contribution in [0.5, 0.6) is 5.75 Å². The Labute approximate surface area is 193 Å². The van der Waals surface area contributed by atoms with Gasteiger partial charge in [0, 0.05) is 17.6 Å². The molecule has 172 valence electrons. The molecule has 0 aromatic heterocycles. The third-order valence-electron chi connectivity index (χ3n) is 5.76. The lowest BCUT2D eigenvalue weighted by Crippen LogP contribution is -2.52. The lowest BCUT2D eigenvalue weighted by Gasteiger charge is -2.32. The quantitative estimate of drug-likeness (QED) is 0.565. The minimum absolute atomic E-state index is 0.149. The van der Waals surface area contributed by atoms with Gasteiger partial charge in [0.15, 0.2) is 6.61 Å². The van der Waals surface area contributed by atoms with Crippen molar-refractivity contribution in [3.05, 3.63) is 64.9 Å². The van der Waals surface area contributed by atoms with Gasteiger partial charge in [-0.2, -0.15) is 0 Å². The van der Waals surface area contributed by atoms with Crippen molar-refractivity contribution in [3.8, 4) is 5.75 Å². The molecule has 0 bridgehead atoms. The molecule has 32 heavy (non-hydrogen) atoms. The second-order valence-electron chi connectivity index (χ2n) is 8.16. The molecular formula is C25H30ClFN2O3. The van der Waals surface area contributed by atoms with Crippen LogP contribution in [0.2, 0.25) is 5.02 Å². The summed E-state index contributed by atoms with van der Waals surface area (Å²) in [5.74, 6) is -0.345. The van der Waals surface area contributed by atoms with Gasteiger partial charge in [-0.15, -0.1) is 0 Å². The molecule has 1 unspecified atom stereocenters. The molecule has 3 rings (SSSR count). The van der Waals surface area contributed by atoms with Crippen LogP contribution >= 0.6 is 11.6 Å². The number of halogens is 2. The van der Waals surface area contributed by atoms with Crippen LogP contribution in [-0.2, 0) is 16.1 Å². The van der Waals surface area contributed by atoms with E-state index >= 15 is 0 Å². The largest absolute Gasteiger partial charge is 0.484 e. The van der Waals surface area contributed by atoms with Crippen molar-refractivity contribution in [2.24, 2.45) is 0 Å². The summed E-state index contributed by atoms with van der Waals surface area (Å²) in [6.07, 6.45) is 5.79. The predicted molar refractivity (Wildman–Crippen MR) is 123 cm³/mol. The van der Waals surface area contributed by atoms with Gasteiger partial charge >= 0.3 is 0 Å². The molecule has 2 aromatic rings. The van der Waals surface area contributed by atoms with Crippen LogP contribution < -0.4 is 10.1 Å². The Kier molecular flexibility index (Phi) is 8.91. The number of amides is 2. The van der Waals surface area contributed by atoms with Gasteiger partial charge in [-0.05, 0) is 55.2 Å². The maximum Gasteiger partial charge on any atom is 0.261 e. The highest BCUT2D eigenvalue weighted by molar-refractivity contribution is 6.30. The fourth-order valence-corrected chi connectivity index (χ4v) is 4.22. The molecule has 0 saturated heterocycles. The molecule has 1 saturated carbocycles. The predicted octanol–water partition coefficient (Wildman–Crippen LogP) is 5.11. The van der Waals surface area contributed by atoms with Crippen LogP contribution in [0.15, 0.2) is 48.5 Å². The minimum atomic E-state index is -0.641. The van der Waals surface area contributed by atoms with Crippen LogP contribution in [0.1, 0.15) is 51.0 Å². The Morgan fingerprint density at radius 2 is 1.88 bits per heavy atom. The number of hydrogen-bond donors (Lipinski definition) is 1. The number of ether oxygens (including phenoxy) is 1. The molecule has 0 aliphatic heterocycles. The first-order chi connectivity index (χ1) is 15.5. The highest BCUT2D eigenvalue weighted by Crippen LogP contribution is 2.20. The van der Waals surface area contributed by atoms with Crippen molar-refractivity contribution in [1.29, 1.82) is 0 Å². The van der Waals surface area contributed by atoms with Gasteiger partial charge in [-0.25, -0.2) is 4.39 Å². The summed E-state index contributed by atoms with van der Waals surface area (Å²) in [6, 6.07) is 12.3. The molecule has 1 fully saturated rings. The van der Waals surface area contributed by atoms with Gasteiger partial charge in [0.25, 0.3) is 5.91 Å². The topological polar surface area (TPSA) is 58.6 Å². The van der Waals surface area contributed by atoms with Gasteiger partial charge in [-0.1, -0.05) is 56.0 Å². The van der Waals surface area contributed by atoms with Crippen molar-refractivity contribution in [2.75, 3.05) is 6.61 Å². The van der Waals surface area contributed by atoms with Gasteiger partial charge in [-0.3, -0.25) is 9.59 Å². The zero-order valence-electron chi connectivity index (χ0n) is 18.4. The van der Waals surface area contributed by atoms with Crippen LogP contribution in [-0.4, -0.2) is 35.4 Å². The maximum atomic E-state index is 13.4. The molecule has 5 nitrogen and oxygen atoms in total. The molecule has 1 N–H and O–H groups in total. The minimum Gasteiger partial charge on any atom is -0.484 e. The lowest BCUT2D eigenvalue weighted by molar-refractivity contribution is -0.143. The van der Waals surface area contributed by atoms with Crippen LogP contribution in [0, 0.1) is 5.82 Å². The monoisotopic (exact) mass is 460 g/mol. The second-order valence-corrected chi connectivity index (χ2v) is 8.60. The number of hydrogen-bond acceptors (Lipinski definition) is 3. The number of rotatable bonds is 9. The molecule has 7 heteroatoms. The molecule has 0 spiro atoms. The van der Waals surface area contributed by atoms with E-state index in [0.717, 1.165) is 31.2 Å². The van der Waals surface area contributed by atoms with Gasteiger partial charge in [0.05, 0.1) is 0 Å². The Morgan fingerprint density at radius 3 is 2.53 bits per heavy atom. The summed E-state index contributed by atoms with van der Waals surface area (Å²) in [6.45, 7) is 1.84. The average Bonchev–Trinajstić information content (AvgIpc) is 2.79. The summed E-state index contributed by atoms with van der Waals surface area (Å²) in [4.78, 5) is 27.8. The van der Waals surface area contributed by atoms with E-state index in [0.29, 0.717) is 17.2 Å². The van der Waals surface area contributed by atoms with Crippen LogP contribution in [0.25, 0.3) is 0 Å².